The largest absolute Gasteiger partial charge is 0.490 e. The topological polar surface area (TPSA) is 107 Å². The number of methoxy groups -OCH3 is 1. The summed E-state index contributed by atoms with van der Waals surface area (Å²) in [5.41, 5.74) is 5.73. The highest BCUT2D eigenvalue weighted by Crippen LogP contribution is 2.29. The highest BCUT2D eigenvalue weighted by Gasteiger charge is 2.17. The third-order valence-electron chi connectivity index (χ3n) is 3.04. The third kappa shape index (κ3) is 4.20. The molecule has 0 heterocycles. The fourth-order valence-corrected chi connectivity index (χ4v) is 1.78. The second-order valence-corrected chi connectivity index (χ2v) is 4.41. The van der Waals surface area contributed by atoms with Gasteiger partial charge in [0, 0.05) is 18.2 Å². The molecule has 0 spiro atoms. The van der Waals surface area contributed by atoms with Crippen molar-refractivity contribution >= 4 is 17.3 Å². The molecule has 1 atom stereocenters. The van der Waals surface area contributed by atoms with Gasteiger partial charge in [-0.1, -0.05) is 13.3 Å². The van der Waals surface area contributed by atoms with Gasteiger partial charge in [-0.3, -0.25) is 14.9 Å². The molecule has 20 heavy (non-hydrogen) atoms. The molecule has 0 aromatic heterocycles. The van der Waals surface area contributed by atoms with Gasteiger partial charge in [-0.25, -0.2) is 0 Å². The highest BCUT2D eigenvalue weighted by atomic mass is 16.6. The van der Waals surface area contributed by atoms with Crippen LogP contribution in [0, 0.1) is 16.0 Å². The van der Waals surface area contributed by atoms with Crippen LogP contribution in [0.3, 0.4) is 0 Å². The van der Waals surface area contributed by atoms with Gasteiger partial charge in [0.2, 0.25) is 5.91 Å². The number of carbonyl (C=O) groups is 1. The van der Waals surface area contributed by atoms with E-state index in [0.29, 0.717) is 18.7 Å². The Morgan fingerprint density at radius 1 is 1.55 bits per heavy atom. The first-order valence-corrected chi connectivity index (χ1v) is 6.34. The lowest BCUT2D eigenvalue weighted by Crippen LogP contribution is -2.21. The average molecular weight is 281 g/mol. The van der Waals surface area contributed by atoms with Gasteiger partial charge in [-0.2, -0.15) is 0 Å². The van der Waals surface area contributed by atoms with E-state index < -0.39 is 4.92 Å². The molecule has 0 radical (unpaired) electrons. The molecule has 0 saturated carbocycles. The minimum Gasteiger partial charge on any atom is -0.490 e. The van der Waals surface area contributed by atoms with Gasteiger partial charge in [0.15, 0.2) is 5.75 Å². The summed E-state index contributed by atoms with van der Waals surface area (Å²) in [5.74, 6) is 0.0615. The molecule has 0 aliphatic rings. The summed E-state index contributed by atoms with van der Waals surface area (Å²) in [6, 6.07) is 4.29. The lowest BCUT2D eigenvalue weighted by atomic mass is 10.0. The van der Waals surface area contributed by atoms with E-state index in [1.165, 1.54) is 19.2 Å². The minimum absolute atomic E-state index is 0.114. The number of benzene rings is 1. The quantitative estimate of drug-likeness (QED) is 0.586. The Morgan fingerprint density at radius 2 is 2.25 bits per heavy atom. The van der Waals surface area contributed by atoms with Gasteiger partial charge in [0.1, 0.15) is 0 Å². The molecule has 1 unspecified atom stereocenters. The first kappa shape index (κ1) is 15.9. The lowest BCUT2D eigenvalue weighted by molar-refractivity contribution is -0.385. The predicted molar refractivity (Wildman–Crippen MR) is 75.7 cm³/mol. The van der Waals surface area contributed by atoms with Crippen LogP contribution in [-0.2, 0) is 4.79 Å². The number of anilines is 1. The predicted octanol–water partition coefficient (Wildman–Crippen LogP) is 1.92. The first-order valence-electron chi connectivity index (χ1n) is 6.34. The van der Waals surface area contributed by atoms with Gasteiger partial charge in [-0.05, 0) is 24.6 Å². The maximum Gasteiger partial charge on any atom is 0.312 e. The lowest BCUT2D eigenvalue weighted by Gasteiger charge is -2.12. The average Bonchev–Trinajstić information content (AvgIpc) is 2.44. The number of nitrogens with two attached hydrogens (primary N) is 1. The van der Waals surface area contributed by atoms with E-state index in [2.05, 4.69) is 5.32 Å². The van der Waals surface area contributed by atoms with E-state index in [-0.39, 0.29) is 23.3 Å². The van der Waals surface area contributed by atoms with Crippen molar-refractivity contribution in [2.45, 2.75) is 19.8 Å². The van der Waals surface area contributed by atoms with Gasteiger partial charge < -0.3 is 15.8 Å². The van der Waals surface area contributed by atoms with Crippen molar-refractivity contribution in [3.63, 3.8) is 0 Å². The monoisotopic (exact) mass is 281 g/mol. The molecule has 1 aromatic carbocycles. The Kier molecular flexibility index (Phi) is 5.92. The molecular formula is C13H19N3O4. The van der Waals surface area contributed by atoms with Crippen LogP contribution in [-0.4, -0.2) is 24.5 Å². The van der Waals surface area contributed by atoms with E-state index in [1.807, 2.05) is 6.92 Å². The Hall–Kier alpha value is -2.15. The number of nitrogens with one attached hydrogen (secondary N) is 1. The van der Waals surface area contributed by atoms with Gasteiger partial charge in [-0.15, -0.1) is 0 Å². The van der Waals surface area contributed by atoms with E-state index >= 15 is 0 Å². The zero-order valence-electron chi connectivity index (χ0n) is 11.6. The summed E-state index contributed by atoms with van der Waals surface area (Å²) in [6.45, 7) is 2.40. The Balaban J connectivity index is 2.80. The van der Waals surface area contributed by atoms with Gasteiger partial charge >= 0.3 is 5.69 Å². The summed E-state index contributed by atoms with van der Waals surface area (Å²) < 4.78 is 4.90. The van der Waals surface area contributed by atoms with Crippen LogP contribution >= 0.6 is 0 Å². The standard InChI is InChI=1S/C13H19N3O4/c1-3-9(8-14)6-13(17)15-10-4-5-12(20-2)11(7-10)16(18)19/h4-5,7,9H,3,6,8,14H2,1-2H3,(H,15,17). The molecule has 0 fully saturated rings. The van der Waals surface area contributed by atoms with Crippen LogP contribution in [0.1, 0.15) is 19.8 Å². The first-order chi connectivity index (χ1) is 9.51. The van der Waals surface area contributed by atoms with Crippen LogP contribution in [0.5, 0.6) is 5.75 Å². The van der Waals surface area contributed by atoms with Crippen molar-refractivity contribution in [2.75, 3.05) is 19.0 Å². The molecule has 0 saturated heterocycles. The number of rotatable bonds is 7. The van der Waals surface area contributed by atoms with Crippen LogP contribution in [0.2, 0.25) is 0 Å². The normalized spacial score (nSPS) is 11.8. The molecule has 1 amide bonds. The Labute approximate surface area is 117 Å². The van der Waals surface area contributed by atoms with Crippen LogP contribution < -0.4 is 15.8 Å². The summed E-state index contributed by atoms with van der Waals surface area (Å²) in [7, 11) is 1.35. The molecule has 7 nitrogen and oxygen atoms in total. The van der Waals surface area contributed by atoms with Crippen LogP contribution in [0.25, 0.3) is 0 Å². The number of ether oxygens (including phenoxy) is 1. The number of nitro groups is 1. The van der Waals surface area contributed by atoms with Crippen molar-refractivity contribution < 1.29 is 14.5 Å². The van der Waals surface area contributed by atoms with Gasteiger partial charge in [0.25, 0.3) is 0 Å². The molecule has 1 aromatic rings. The fraction of sp³-hybridized carbons (Fsp3) is 0.462. The van der Waals surface area contributed by atoms with Crippen molar-refractivity contribution in [1.29, 1.82) is 0 Å². The van der Waals surface area contributed by atoms with Crippen molar-refractivity contribution in [2.24, 2.45) is 11.7 Å². The van der Waals surface area contributed by atoms with Crippen LogP contribution in [0.4, 0.5) is 11.4 Å². The second-order valence-electron chi connectivity index (χ2n) is 4.41. The SMILES string of the molecule is CCC(CN)CC(=O)Nc1ccc(OC)c([N+](=O)[O-])c1. The van der Waals surface area contributed by atoms with Crippen molar-refractivity contribution in [3.05, 3.63) is 28.3 Å². The molecule has 0 bridgehead atoms. The molecule has 1 rings (SSSR count). The number of hydrogen-bond acceptors (Lipinski definition) is 5. The zero-order valence-corrected chi connectivity index (χ0v) is 11.6. The maximum atomic E-state index is 11.8. The number of nitrogens with zero attached hydrogens (tertiary/aromatic N) is 1. The molecule has 110 valence electrons. The number of amides is 1. The number of hydrogen-bond donors (Lipinski definition) is 2. The molecule has 0 aliphatic heterocycles. The summed E-state index contributed by atoms with van der Waals surface area (Å²) in [4.78, 5) is 22.1. The highest BCUT2D eigenvalue weighted by molar-refractivity contribution is 5.91. The summed E-state index contributed by atoms with van der Waals surface area (Å²) in [6.07, 6.45) is 1.11. The molecular weight excluding hydrogens is 262 g/mol. The van der Waals surface area contributed by atoms with E-state index in [0.717, 1.165) is 6.42 Å². The third-order valence-corrected chi connectivity index (χ3v) is 3.04. The fourth-order valence-electron chi connectivity index (χ4n) is 1.78. The summed E-state index contributed by atoms with van der Waals surface area (Å²) >= 11 is 0. The number of carbonyl (C=O) groups excluding carboxylic acids is 1. The smallest absolute Gasteiger partial charge is 0.312 e. The van der Waals surface area contributed by atoms with Crippen LogP contribution in [0.15, 0.2) is 18.2 Å². The Bertz CT molecular complexity index is 487. The molecule has 0 aliphatic carbocycles. The Morgan fingerprint density at radius 3 is 2.75 bits per heavy atom. The van der Waals surface area contributed by atoms with E-state index in [1.54, 1.807) is 6.07 Å². The molecule has 3 N–H and O–H groups in total. The van der Waals surface area contributed by atoms with E-state index in [4.69, 9.17) is 10.5 Å². The summed E-state index contributed by atoms with van der Waals surface area (Å²) in [5, 5.41) is 13.5. The van der Waals surface area contributed by atoms with Crippen molar-refractivity contribution in [3.8, 4) is 5.75 Å². The zero-order chi connectivity index (χ0) is 15.1. The van der Waals surface area contributed by atoms with E-state index in [9.17, 15) is 14.9 Å². The maximum absolute atomic E-state index is 11.8. The molecule has 7 heteroatoms. The second kappa shape index (κ2) is 7.44. The van der Waals surface area contributed by atoms with Gasteiger partial charge in [0.05, 0.1) is 12.0 Å². The minimum atomic E-state index is -0.552. The number of nitro benzene ring substituents is 1. The van der Waals surface area contributed by atoms with Crippen molar-refractivity contribution in [1.82, 2.24) is 0 Å².